The summed E-state index contributed by atoms with van der Waals surface area (Å²) in [6.07, 6.45) is 3.39. The number of hydrogen-bond donors (Lipinski definition) is 2. The highest BCUT2D eigenvalue weighted by molar-refractivity contribution is 6.30. The summed E-state index contributed by atoms with van der Waals surface area (Å²) in [6.45, 7) is 2.00. The zero-order chi connectivity index (χ0) is 12.8. The van der Waals surface area contributed by atoms with Crippen molar-refractivity contribution in [3.05, 3.63) is 34.9 Å². The van der Waals surface area contributed by atoms with E-state index >= 15 is 0 Å². The SMILES string of the molecule is Cl.O=C(CCc1ccc(Cl)cc1)NC1CCNCC1. The quantitative estimate of drug-likeness (QED) is 0.897. The third kappa shape index (κ3) is 5.81. The van der Waals surface area contributed by atoms with Crippen LogP contribution in [0.3, 0.4) is 0 Å². The highest BCUT2D eigenvalue weighted by Crippen LogP contribution is 2.11. The van der Waals surface area contributed by atoms with Gasteiger partial charge in [0.1, 0.15) is 0 Å². The summed E-state index contributed by atoms with van der Waals surface area (Å²) in [5, 5.41) is 7.12. The lowest BCUT2D eigenvalue weighted by atomic mass is 10.1. The molecule has 1 aliphatic rings. The Morgan fingerprint density at radius 2 is 1.89 bits per heavy atom. The van der Waals surface area contributed by atoms with Crippen molar-refractivity contribution in [1.82, 2.24) is 10.6 Å². The molecular formula is C14H20Cl2N2O. The van der Waals surface area contributed by atoms with Crippen molar-refractivity contribution in [1.29, 1.82) is 0 Å². The first-order chi connectivity index (χ1) is 8.74. The maximum Gasteiger partial charge on any atom is 0.220 e. The Morgan fingerprint density at radius 3 is 2.53 bits per heavy atom. The molecule has 1 heterocycles. The first-order valence-corrected chi connectivity index (χ1v) is 6.86. The first kappa shape index (κ1) is 16.3. The largest absolute Gasteiger partial charge is 0.353 e. The minimum absolute atomic E-state index is 0. The fraction of sp³-hybridized carbons (Fsp3) is 0.500. The predicted octanol–water partition coefficient (Wildman–Crippen LogP) is 2.56. The van der Waals surface area contributed by atoms with E-state index in [1.165, 1.54) is 0 Å². The Hall–Kier alpha value is -0.770. The van der Waals surface area contributed by atoms with Crippen LogP contribution in [-0.2, 0) is 11.2 Å². The second-order valence-electron chi connectivity index (χ2n) is 4.72. The molecule has 1 fully saturated rings. The second-order valence-corrected chi connectivity index (χ2v) is 5.15. The van der Waals surface area contributed by atoms with Crippen molar-refractivity contribution in [2.24, 2.45) is 0 Å². The van der Waals surface area contributed by atoms with Crippen molar-refractivity contribution in [3.8, 4) is 0 Å². The average molecular weight is 303 g/mol. The highest BCUT2D eigenvalue weighted by Gasteiger charge is 2.14. The third-order valence-corrected chi connectivity index (χ3v) is 3.51. The molecule has 0 atom stereocenters. The molecule has 0 bridgehead atoms. The van der Waals surface area contributed by atoms with Crippen molar-refractivity contribution >= 4 is 29.9 Å². The number of benzene rings is 1. The Labute approximate surface area is 125 Å². The summed E-state index contributed by atoms with van der Waals surface area (Å²) in [7, 11) is 0. The van der Waals surface area contributed by atoms with E-state index in [1.807, 2.05) is 24.3 Å². The Balaban J connectivity index is 0.00000180. The number of piperidine rings is 1. The van der Waals surface area contributed by atoms with Crippen molar-refractivity contribution in [2.45, 2.75) is 31.7 Å². The summed E-state index contributed by atoms with van der Waals surface area (Å²) in [6, 6.07) is 8.02. The van der Waals surface area contributed by atoms with Crippen LogP contribution >= 0.6 is 24.0 Å². The summed E-state index contributed by atoms with van der Waals surface area (Å²) < 4.78 is 0. The van der Waals surface area contributed by atoms with Gasteiger partial charge in [-0.15, -0.1) is 12.4 Å². The lowest BCUT2D eigenvalue weighted by Crippen LogP contribution is -2.42. The fourth-order valence-electron chi connectivity index (χ4n) is 2.18. The van der Waals surface area contributed by atoms with Gasteiger partial charge in [-0.25, -0.2) is 0 Å². The zero-order valence-electron chi connectivity index (χ0n) is 10.8. The van der Waals surface area contributed by atoms with E-state index in [0.717, 1.165) is 42.9 Å². The minimum Gasteiger partial charge on any atom is -0.353 e. The summed E-state index contributed by atoms with van der Waals surface area (Å²) in [4.78, 5) is 11.8. The molecule has 3 nitrogen and oxygen atoms in total. The molecule has 19 heavy (non-hydrogen) atoms. The van der Waals surface area contributed by atoms with Gasteiger partial charge in [0.25, 0.3) is 0 Å². The molecule has 5 heteroatoms. The molecule has 2 N–H and O–H groups in total. The van der Waals surface area contributed by atoms with Crippen LogP contribution in [0.25, 0.3) is 0 Å². The third-order valence-electron chi connectivity index (χ3n) is 3.26. The van der Waals surface area contributed by atoms with Crippen LogP contribution < -0.4 is 10.6 Å². The molecule has 2 rings (SSSR count). The van der Waals surface area contributed by atoms with Crippen LogP contribution in [0.4, 0.5) is 0 Å². The molecule has 0 aliphatic carbocycles. The molecule has 0 spiro atoms. The number of rotatable bonds is 4. The van der Waals surface area contributed by atoms with Gasteiger partial charge in [0.15, 0.2) is 0 Å². The number of aryl methyl sites for hydroxylation is 1. The molecular weight excluding hydrogens is 283 g/mol. The zero-order valence-corrected chi connectivity index (χ0v) is 12.4. The number of nitrogens with one attached hydrogen (secondary N) is 2. The van der Waals surface area contributed by atoms with Crippen LogP contribution in [0.2, 0.25) is 5.02 Å². The van der Waals surface area contributed by atoms with Gasteiger partial charge in [-0.2, -0.15) is 0 Å². The van der Waals surface area contributed by atoms with E-state index in [9.17, 15) is 4.79 Å². The van der Waals surface area contributed by atoms with Gasteiger partial charge in [0.05, 0.1) is 0 Å². The molecule has 106 valence electrons. The number of hydrogen-bond acceptors (Lipinski definition) is 2. The first-order valence-electron chi connectivity index (χ1n) is 6.48. The molecule has 0 aromatic heterocycles. The van der Waals surface area contributed by atoms with E-state index in [-0.39, 0.29) is 18.3 Å². The van der Waals surface area contributed by atoms with Gasteiger partial charge < -0.3 is 10.6 Å². The summed E-state index contributed by atoms with van der Waals surface area (Å²) in [5.74, 6) is 0.150. The van der Waals surface area contributed by atoms with Crippen molar-refractivity contribution in [3.63, 3.8) is 0 Å². The maximum absolute atomic E-state index is 11.8. The van der Waals surface area contributed by atoms with E-state index < -0.39 is 0 Å². The molecule has 0 saturated carbocycles. The Bertz CT molecular complexity index is 389. The Kier molecular flexibility index (Phi) is 7.21. The van der Waals surface area contributed by atoms with Crippen LogP contribution in [0.5, 0.6) is 0 Å². The average Bonchev–Trinajstić information content (AvgIpc) is 2.39. The summed E-state index contributed by atoms with van der Waals surface area (Å²) >= 11 is 5.82. The molecule has 0 unspecified atom stereocenters. The predicted molar refractivity (Wildman–Crippen MR) is 81.1 cm³/mol. The number of halogens is 2. The van der Waals surface area contributed by atoms with Crippen LogP contribution in [0.1, 0.15) is 24.8 Å². The van der Waals surface area contributed by atoms with Crippen LogP contribution in [0.15, 0.2) is 24.3 Å². The number of carbonyl (C=O) groups excluding carboxylic acids is 1. The van der Waals surface area contributed by atoms with Crippen molar-refractivity contribution < 1.29 is 4.79 Å². The van der Waals surface area contributed by atoms with Gasteiger partial charge in [-0.05, 0) is 50.0 Å². The van der Waals surface area contributed by atoms with Gasteiger partial charge >= 0.3 is 0 Å². The standard InChI is InChI=1S/C14H19ClN2O.ClH/c15-12-4-1-11(2-5-12)3-6-14(18)17-13-7-9-16-10-8-13;/h1-2,4-5,13,16H,3,6-10H2,(H,17,18);1H. The molecule has 1 aromatic carbocycles. The molecule has 1 aromatic rings. The van der Waals surface area contributed by atoms with Gasteiger partial charge in [0.2, 0.25) is 5.91 Å². The highest BCUT2D eigenvalue weighted by atomic mass is 35.5. The second kappa shape index (κ2) is 8.41. The van der Waals surface area contributed by atoms with Gasteiger partial charge in [-0.1, -0.05) is 23.7 Å². The number of amides is 1. The Morgan fingerprint density at radius 1 is 1.26 bits per heavy atom. The van der Waals surface area contributed by atoms with Crippen molar-refractivity contribution in [2.75, 3.05) is 13.1 Å². The topological polar surface area (TPSA) is 41.1 Å². The van der Waals surface area contributed by atoms with Gasteiger partial charge in [-0.3, -0.25) is 4.79 Å². The van der Waals surface area contributed by atoms with E-state index in [2.05, 4.69) is 10.6 Å². The van der Waals surface area contributed by atoms with E-state index in [4.69, 9.17) is 11.6 Å². The molecule has 0 radical (unpaired) electrons. The molecule has 1 amide bonds. The summed E-state index contributed by atoms with van der Waals surface area (Å²) in [5.41, 5.74) is 1.15. The number of carbonyl (C=O) groups is 1. The normalized spacial score (nSPS) is 15.6. The van der Waals surface area contributed by atoms with Gasteiger partial charge in [0, 0.05) is 17.5 Å². The van der Waals surface area contributed by atoms with E-state index in [1.54, 1.807) is 0 Å². The lowest BCUT2D eigenvalue weighted by Gasteiger charge is -2.23. The monoisotopic (exact) mass is 302 g/mol. The fourth-order valence-corrected chi connectivity index (χ4v) is 2.30. The minimum atomic E-state index is 0. The van der Waals surface area contributed by atoms with E-state index in [0.29, 0.717) is 12.5 Å². The lowest BCUT2D eigenvalue weighted by molar-refractivity contribution is -0.121. The molecule has 1 aliphatic heterocycles. The van der Waals surface area contributed by atoms with Crippen LogP contribution in [0, 0.1) is 0 Å². The van der Waals surface area contributed by atoms with Crippen LogP contribution in [-0.4, -0.2) is 25.0 Å². The maximum atomic E-state index is 11.8. The smallest absolute Gasteiger partial charge is 0.220 e. The molecule has 1 saturated heterocycles.